The van der Waals surface area contributed by atoms with E-state index in [1.165, 1.54) is 12.2 Å². The summed E-state index contributed by atoms with van der Waals surface area (Å²) in [7, 11) is 0. The number of carbonyl (C=O) groups is 2. The highest BCUT2D eigenvalue weighted by Crippen LogP contribution is 2.30. The van der Waals surface area contributed by atoms with Gasteiger partial charge in [-0.15, -0.1) is 0 Å². The molecule has 4 atom stereocenters. The second-order valence-electron chi connectivity index (χ2n) is 4.61. The summed E-state index contributed by atoms with van der Waals surface area (Å²) in [5, 5.41) is 0. The molecule has 122 valence electrons. The highest BCUT2D eigenvalue weighted by atomic mass is 16.8. The van der Waals surface area contributed by atoms with Gasteiger partial charge in [0.2, 0.25) is 0 Å². The third kappa shape index (κ3) is 3.99. The molecule has 22 heavy (non-hydrogen) atoms. The molecule has 8 nitrogen and oxygen atoms in total. The first-order chi connectivity index (χ1) is 10.7. The van der Waals surface area contributed by atoms with Crippen LogP contribution in [0.2, 0.25) is 0 Å². The molecule has 0 aromatic carbocycles. The smallest absolute Gasteiger partial charge is 0.430 e. The van der Waals surface area contributed by atoms with Gasteiger partial charge in [-0.05, 0) is 0 Å². The SMILES string of the molecule is C=CCOC(=O)OC1COC2C(OC(=O)OCC=C)COC12. The molecule has 2 rings (SSSR count). The molecule has 2 aliphatic heterocycles. The Morgan fingerprint density at radius 1 is 0.909 bits per heavy atom. The first kappa shape index (κ1) is 16.3. The Hall–Kier alpha value is -2.06. The molecule has 0 aliphatic carbocycles. The van der Waals surface area contributed by atoms with Crippen LogP contribution in [0.5, 0.6) is 0 Å². The Labute approximate surface area is 127 Å². The highest BCUT2D eigenvalue weighted by molar-refractivity contribution is 5.61. The van der Waals surface area contributed by atoms with Gasteiger partial charge in [0.15, 0.2) is 12.2 Å². The maximum absolute atomic E-state index is 11.4. The third-order valence-electron chi connectivity index (χ3n) is 3.10. The lowest BCUT2D eigenvalue weighted by Crippen LogP contribution is -2.36. The van der Waals surface area contributed by atoms with E-state index >= 15 is 0 Å². The van der Waals surface area contributed by atoms with Gasteiger partial charge in [0.25, 0.3) is 0 Å². The number of fused-ring (bicyclic) bond motifs is 1. The number of hydrogen-bond donors (Lipinski definition) is 0. The molecule has 0 aromatic rings. The van der Waals surface area contributed by atoms with Gasteiger partial charge < -0.3 is 28.4 Å². The van der Waals surface area contributed by atoms with Gasteiger partial charge in [-0.1, -0.05) is 25.3 Å². The maximum atomic E-state index is 11.4. The fraction of sp³-hybridized carbons (Fsp3) is 0.571. The van der Waals surface area contributed by atoms with Gasteiger partial charge >= 0.3 is 12.3 Å². The number of ether oxygens (including phenoxy) is 6. The summed E-state index contributed by atoms with van der Waals surface area (Å²) >= 11 is 0. The summed E-state index contributed by atoms with van der Waals surface area (Å²) in [6.07, 6.45) is -1.03. The average Bonchev–Trinajstić information content (AvgIpc) is 3.07. The van der Waals surface area contributed by atoms with Crippen molar-refractivity contribution in [2.75, 3.05) is 26.4 Å². The van der Waals surface area contributed by atoms with Crippen molar-refractivity contribution in [2.24, 2.45) is 0 Å². The average molecular weight is 314 g/mol. The first-order valence-electron chi connectivity index (χ1n) is 6.77. The van der Waals surface area contributed by atoms with E-state index in [2.05, 4.69) is 13.2 Å². The van der Waals surface area contributed by atoms with Gasteiger partial charge in [-0.3, -0.25) is 0 Å². The van der Waals surface area contributed by atoms with Gasteiger partial charge in [0, 0.05) is 0 Å². The van der Waals surface area contributed by atoms with E-state index in [0.717, 1.165) is 0 Å². The fourth-order valence-electron chi connectivity index (χ4n) is 2.20. The van der Waals surface area contributed by atoms with Crippen LogP contribution in [0, 0.1) is 0 Å². The lowest BCUT2D eigenvalue weighted by Gasteiger charge is -2.16. The predicted octanol–water partition coefficient (Wildman–Crippen LogP) is 1.20. The Morgan fingerprint density at radius 2 is 1.32 bits per heavy atom. The minimum Gasteiger partial charge on any atom is -0.430 e. The first-order valence-corrected chi connectivity index (χ1v) is 6.77. The van der Waals surface area contributed by atoms with Crippen LogP contribution in [-0.2, 0) is 28.4 Å². The van der Waals surface area contributed by atoms with E-state index in [1.54, 1.807) is 0 Å². The second-order valence-corrected chi connectivity index (χ2v) is 4.61. The summed E-state index contributed by atoms with van der Waals surface area (Å²) in [5.41, 5.74) is 0. The molecule has 0 aromatic heterocycles. The Morgan fingerprint density at radius 3 is 1.68 bits per heavy atom. The largest absolute Gasteiger partial charge is 0.509 e. The van der Waals surface area contributed by atoms with Crippen molar-refractivity contribution in [3.8, 4) is 0 Å². The van der Waals surface area contributed by atoms with Crippen molar-refractivity contribution in [3.63, 3.8) is 0 Å². The van der Waals surface area contributed by atoms with Gasteiger partial charge in [-0.2, -0.15) is 0 Å². The molecule has 2 fully saturated rings. The normalized spacial score (nSPS) is 29.3. The topological polar surface area (TPSA) is 89.5 Å². The summed E-state index contributed by atoms with van der Waals surface area (Å²) in [4.78, 5) is 22.8. The van der Waals surface area contributed by atoms with E-state index in [-0.39, 0.29) is 26.4 Å². The number of hydrogen-bond acceptors (Lipinski definition) is 8. The van der Waals surface area contributed by atoms with Crippen LogP contribution in [0.1, 0.15) is 0 Å². The van der Waals surface area contributed by atoms with E-state index < -0.39 is 36.7 Å². The molecular weight excluding hydrogens is 296 g/mol. The van der Waals surface area contributed by atoms with Gasteiger partial charge in [-0.25, -0.2) is 9.59 Å². The number of rotatable bonds is 6. The van der Waals surface area contributed by atoms with Crippen molar-refractivity contribution in [1.29, 1.82) is 0 Å². The molecule has 4 unspecified atom stereocenters. The minimum absolute atomic E-state index is 0.0578. The molecule has 2 heterocycles. The molecule has 2 aliphatic rings. The summed E-state index contributed by atoms with van der Waals surface area (Å²) in [6, 6.07) is 0. The van der Waals surface area contributed by atoms with E-state index in [4.69, 9.17) is 28.4 Å². The second kappa shape index (κ2) is 7.81. The lowest BCUT2D eigenvalue weighted by molar-refractivity contribution is -0.0394. The van der Waals surface area contributed by atoms with Crippen LogP contribution in [0.25, 0.3) is 0 Å². The monoisotopic (exact) mass is 314 g/mol. The molecule has 0 radical (unpaired) electrons. The summed E-state index contributed by atoms with van der Waals surface area (Å²) in [5.74, 6) is 0. The van der Waals surface area contributed by atoms with Crippen LogP contribution in [0.4, 0.5) is 9.59 Å². The van der Waals surface area contributed by atoms with Crippen LogP contribution in [0.15, 0.2) is 25.3 Å². The molecular formula is C14H18O8. The van der Waals surface area contributed by atoms with Crippen molar-refractivity contribution in [1.82, 2.24) is 0 Å². The Balaban J connectivity index is 1.80. The zero-order valence-electron chi connectivity index (χ0n) is 12.0. The third-order valence-corrected chi connectivity index (χ3v) is 3.10. The van der Waals surface area contributed by atoms with Crippen LogP contribution in [-0.4, -0.2) is 63.2 Å². The molecule has 8 heteroatoms. The molecule has 0 amide bonds. The molecule has 0 spiro atoms. The maximum Gasteiger partial charge on any atom is 0.509 e. The van der Waals surface area contributed by atoms with Crippen molar-refractivity contribution < 1.29 is 38.0 Å². The zero-order chi connectivity index (χ0) is 15.9. The standard InChI is InChI=1S/C14H18O8/c1-3-5-17-13(15)21-9-7-19-12-10(8-20-11(9)12)22-14(16)18-6-4-2/h3-4,9-12H,1-2,5-8H2. The molecule has 0 saturated carbocycles. The van der Waals surface area contributed by atoms with Crippen molar-refractivity contribution in [3.05, 3.63) is 25.3 Å². The Bertz CT molecular complexity index is 395. The number of carbonyl (C=O) groups excluding carboxylic acids is 2. The van der Waals surface area contributed by atoms with Gasteiger partial charge in [0.1, 0.15) is 25.4 Å². The summed E-state index contributed by atoms with van der Waals surface area (Å²) in [6.45, 7) is 7.25. The van der Waals surface area contributed by atoms with Crippen molar-refractivity contribution in [2.45, 2.75) is 24.4 Å². The zero-order valence-corrected chi connectivity index (χ0v) is 12.0. The van der Waals surface area contributed by atoms with E-state index in [9.17, 15) is 9.59 Å². The van der Waals surface area contributed by atoms with Crippen LogP contribution >= 0.6 is 0 Å². The summed E-state index contributed by atoms with van der Waals surface area (Å²) < 4.78 is 30.6. The molecule has 2 saturated heterocycles. The lowest BCUT2D eigenvalue weighted by atomic mass is 10.1. The highest BCUT2D eigenvalue weighted by Gasteiger charge is 2.51. The molecule has 0 bridgehead atoms. The quantitative estimate of drug-likeness (QED) is 0.533. The van der Waals surface area contributed by atoms with E-state index in [1.807, 2.05) is 0 Å². The van der Waals surface area contributed by atoms with Gasteiger partial charge in [0.05, 0.1) is 13.2 Å². The van der Waals surface area contributed by atoms with Crippen LogP contribution in [0.3, 0.4) is 0 Å². The predicted molar refractivity (Wildman–Crippen MR) is 72.3 cm³/mol. The van der Waals surface area contributed by atoms with Crippen LogP contribution < -0.4 is 0 Å². The van der Waals surface area contributed by atoms with Crippen molar-refractivity contribution >= 4 is 12.3 Å². The molecule has 0 N–H and O–H groups in total. The Kier molecular flexibility index (Phi) is 5.79. The minimum atomic E-state index is -0.826. The van der Waals surface area contributed by atoms with E-state index in [0.29, 0.717) is 0 Å². The fourth-order valence-corrected chi connectivity index (χ4v) is 2.20.